The van der Waals surface area contributed by atoms with E-state index in [0.29, 0.717) is 12.1 Å². The minimum atomic E-state index is -4.71. The van der Waals surface area contributed by atoms with Crippen molar-refractivity contribution in [1.29, 1.82) is 0 Å². The van der Waals surface area contributed by atoms with Crippen LogP contribution in [0.1, 0.15) is 22.5 Å². The number of aromatic nitrogens is 1. The lowest BCUT2D eigenvalue weighted by Gasteiger charge is -2.11. The van der Waals surface area contributed by atoms with Crippen molar-refractivity contribution in [2.75, 3.05) is 11.9 Å². The van der Waals surface area contributed by atoms with E-state index in [0.717, 1.165) is 6.07 Å². The lowest BCUT2D eigenvalue weighted by atomic mass is 10.1. The van der Waals surface area contributed by atoms with E-state index in [1.807, 2.05) is 0 Å². The molecule has 0 bridgehead atoms. The number of amides is 2. The van der Waals surface area contributed by atoms with E-state index in [1.54, 1.807) is 6.07 Å². The highest BCUT2D eigenvalue weighted by Gasteiger charge is 2.33. The second-order valence-corrected chi connectivity index (χ2v) is 5.25. The number of nitro groups is 1. The van der Waals surface area contributed by atoms with Gasteiger partial charge in [0.15, 0.2) is 0 Å². The zero-order valence-corrected chi connectivity index (χ0v) is 13.6. The van der Waals surface area contributed by atoms with Gasteiger partial charge in [0.1, 0.15) is 11.4 Å². The Hall–Kier alpha value is -3.57. The third-order valence-corrected chi connectivity index (χ3v) is 3.35. The maximum absolute atomic E-state index is 12.6. The summed E-state index contributed by atoms with van der Waals surface area (Å²) in [5.41, 5.74) is 2.47. The van der Waals surface area contributed by atoms with Gasteiger partial charge in [-0.15, -0.1) is 0 Å². The molecule has 9 nitrogen and oxygen atoms in total. The van der Waals surface area contributed by atoms with Crippen LogP contribution in [0, 0.1) is 10.1 Å². The summed E-state index contributed by atoms with van der Waals surface area (Å²) in [5, 5.41) is 13.5. The third kappa shape index (κ3) is 5.45. The van der Waals surface area contributed by atoms with E-state index >= 15 is 0 Å². The minimum absolute atomic E-state index is 0.101. The van der Waals surface area contributed by atoms with Gasteiger partial charge in [0.05, 0.1) is 10.5 Å². The summed E-state index contributed by atoms with van der Waals surface area (Å²) in [4.78, 5) is 35.9. The summed E-state index contributed by atoms with van der Waals surface area (Å²) in [6.07, 6.45) is -3.37. The van der Waals surface area contributed by atoms with Crippen molar-refractivity contribution in [2.45, 2.75) is 12.6 Å². The number of hydrazine groups is 1. The van der Waals surface area contributed by atoms with Gasteiger partial charge in [0.25, 0.3) is 11.6 Å². The summed E-state index contributed by atoms with van der Waals surface area (Å²) in [5.74, 6) is -1.17. The number of carbonyl (C=O) groups excluding carboxylic acids is 2. The van der Waals surface area contributed by atoms with Gasteiger partial charge in [-0.2, -0.15) is 13.2 Å². The molecular formula is C15H14F3N5O4. The molecule has 0 unspecified atom stereocenters. The Kier molecular flexibility index (Phi) is 6.00. The molecule has 12 heteroatoms. The van der Waals surface area contributed by atoms with E-state index < -0.39 is 34.2 Å². The minimum Gasteiger partial charge on any atom is -0.379 e. The number of hydrogen-bond acceptors (Lipinski definition) is 5. The van der Waals surface area contributed by atoms with Crippen LogP contribution in [0.2, 0.25) is 0 Å². The monoisotopic (exact) mass is 385 g/mol. The Morgan fingerprint density at radius 2 is 1.93 bits per heavy atom. The van der Waals surface area contributed by atoms with Crippen molar-refractivity contribution in [3.63, 3.8) is 0 Å². The topological polar surface area (TPSA) is 129 Å². The average molecular weight is 385 g/mol. The molecule has 2 aromatic rings. The maximum atomic E-state index is 12.6. The molecule has 0 atom stereocenters. The van der Waals surface area contributed by atoms with E-state index in [4.69, 9.17) is 0 Å². The summed E-state index contributed by atoms with van der Waals surface area (Å²) >= 11 is 0. The highest BCUT2D eigenvalue weighted by molar-refractivity contribution is 5.93. The zero-order chi connectivity index (χ0) is 20.0. The van der Waals surface area contributed by atoms with Crippen LogP contribution in [0.3, 0.4) is 0 Å². The average Bonchev–Trinajstić information content (AvgIpc) is 3.13. The SMILES string of the molecule is O=C(CCNc1ccc(C(F)(F)F)cc1[N+](=O)[O-])NNC(=O)c1ccc[nH]1. The molecule has 1 aromatic carbocycles. The highest BCUT2D eigenvalue weighted by Crippen LogP contribution is 2.34. The van der Waals surface area contributed by atoms with E-state index in [1.165, 1.54) is 12.3 Å². The number of nitrogens with one attached hydrogen (secondary N) is 4. The van der Waals surface area contributed by atoms with Gasteiger partial charge in [-0.3, -0.25) is 30.6 Å². The van der Waals surface area contributed by atoms with Crippen molar-refractivity contribution in [3.8, 4) is 0 Å². The fraction of sp³-hybridized carbons (Fsp3) is 0.200. The number of rotatable bonds is 6. The fourth-order valence-corrected chi connectivity index (χ4v) is 2.05. The van der Waals surface area contributed by atoms with Gasteiger partial charge in [-0.1, -0.05) is 0 Å². The molecule has 1 heterocycles. The number of nitro benzene ring substituents is 1. The quantitative estimate of drug-likeness (QED) is 0.448. The maximum Gasteiger partial charge on any atom is 0.416 e. The molecule has 0 fully saturated rings. The van der Waals surface area contributed by atoms with Gasteiger partial charge in [-0.25, -0.2) is 0 Å². The van der Waals surface area contributed by atoms with E-state index in [-0.39, 0.29) is 24.3 Å². The zero-order valence-electron chi connectivity index (χ0n) is 13.6. The standard InChI is InChI=1S/C15H14F3N5O4/c16-15(17,18)9-3-4-10(12(8-9)23(26)27)20-7-5-13(24)21-22-14(25)11-2-1-6-19-11/h1-4,6,8,19-20H,5,7H2,(H,21,24)(H,22,25). The predicted molar refractivity (Wildman–Crippen MR) is 87.6 cm³/mol. The van der Waals surface area contributed by atoms with Crippen molar-refractivity contribution < 1.29 is 27.7 Å². The number of hydrogen-bond donors (Lipinski definition) is 4. The molecule has 144 valence electrons. The lowest BCUT2D eigenvalue weighted by molar-refractivity contribution is -0.384. The first-order valence-electron chi connectivity index (χ1n) is 7.50. The normalized spacial score (nSPS) is 10.9. The molecule has 1 aromatic heterocycles. The summed E-state index contributed by atoms with van der Waals surface area (Å²) < 4.78 is 37.9. The van der Waals surface area contributed by atoms with E-state index in [9.17, 15) is 32.9 Å². The Morgan fingerprint density at radius 3 is 2.52 bits per heavy atom. The molecule has 2 amide bonds. The molecule has 0 aliphatic heterocycles. The summed E-state index contributed by atoms with van der Waals surface area (Å²) in [6, 6.07) is 5.13. The fourth-order valence-electron chi connectivity index (χ4n) is 2.05. The first-order chi connectivity index (χ1) is 12.7. The van der Waals surface area contributed by atoms with Crippen molar-refractivity contribution in [2.24, 2.45) is 0 Å². The molecule has 4 N–H and O–H groups in total. The van der Waals surface area contributed by atoms with Crippen LogP contribution in [0.25, 0.3) is 0 Å². The van der Waals surface area contributed by atoms with Crippen molar-refractivity contribution in [1.82, 2.24) is 15.8 Å². The Balaban J connectivity index is 1.88. The Bertz CT molecular complexity index is 836. The van der Waals surface area contributed by atoms with Crippen LogP contribution < -0.4 is 16.2 Å². The number of H-pyrrole nitrogens is 1. The molecule has 2 rings (SSSR count). The van der Waals surface area contributed by atoms with Crippen LogP contribution in [-0.2, 0) is 11.0 Å². The molecule has 0 saturated carbocycles. The molecule has 0 aliphatic carbocycles. The molecule has 27 heavy (non-hydrogen) atoms. The van der Waals surface area contributed by atoms with Gasteiger partial charge in [0, 0.05) is 25.2 Å². The largest absolute Gasteiger partial charge is 0.416 e. The number of halogens is 3. The first-order valence-corrected chi connectivity index (χ1v) is 7.50. The second kappa shape index (κ2) is 8.21. The summed E-state index contributed by atoms with van der Waals surface area (Å²) in [6.45, 7) is -0.101. The number of anilines is 1. The van der Waals surface area contributed by atoms with Gasteiger partial charge < -0.3 is 10.3 Å². The Labute approximate surface area is 150 Å². The van der Waals surface area contributed by atoms with Gasteiger partial charge >= 0.3 is 6.18 Å². The number of nitrogens with zero attached hydrogens (tertiary/aromatic N) is 1. The van der Waals surface area contributed by atoms with Crippen LogP contribution in [0.5, 0.6) is 0 Å². The number of benzene rings is 1. The summed E-state index contributed by atoms with van der Waals surface area (Å²) in [7, 11) is 0. The Morgan fingerprint density at radius 1 is 1.19 bits per heavy atom. The second-order valence-electron chi connectivity index (χ2n) is 5.25. The molecule has 0 spiro atoms. The smallest absolute Gasteiger partial charge is 0.379 e. The van der Waals surface area contributed by atoms with Crippen LogP contribution >= 0.6 is 0 Å². The number of aromatic amines is 1. The molecule has 0 saturated heterocycles. The first kappa shape index (κ1) is 19.8. The molecule has 0 aliphatic rings. The predicted octanol–water partition coefficient (Wildman–Crippen LogP) is 2.20. The van der Waals surface area contributed by atoms with E-state index in [2.05, 4.69) is 21.2 Å². The van der Waals surface area contributed by atoms with Gasteiger partial charge in [-0.05, 0) is 24.3 Å². The third-order valence-electron chi connectivity index (χ3n) is 3.35. The highest BCUT2D eigenvalue weighted by atomic mass is 19.4. The van der Waals surface area contributed by atoms with Crippen LogP contribution in [0.4, 0.5) is 24.5 Å². The van der Waals surface area contributed by atoms with Crippen molar-refractivity contribution >= 4 is 23.2 Å². The van der Waals surface area contributed by atoms with Crippen molar-refractivity contribution in [3.05, 3.63) is 57.9 Å². The van der Waals surface area contributed by atoms with Crippen LogP contribution in [0.15, 0.2) is 36.5 Å². The molecular weight excluding hydrogens is 371 g/mol. The van der Waals surface area contributed by atoms with Gasteiger partial charge in [0.2, 0.25) is 5.91 Å². The number of carbonyl (C=O) groups is 2. The lowest BCUT2D eigenvalue weighted by Crippen LogP contribution is -2.42. The number of alkyl halides is 3. The van der Waals surface area contributed by atoms with Crippen LogP contribution in [-0.4, -0.2) is 28.3 Å². The molecule has 0 radical (unpaired) electrons.